The van der Waals surface area contributed by atoms with E-state index in [0.717, 1.165) is 30.1 Å². The Hall–Kier alpha value is -2.23. The molecular formula is C16H19N3O. The molecule has 0 bridgehead atoms. The first-order valence-corrected chi connectivity index (χ1v) is 7.00. The number of hydrogen-bond acceptors (Lipinski definition) is 4. The van der Waals surface area contributed by atoms with E-state index in [0.29, 0.717) is 6.61 Å². The number of aryl methyl sites for hydroxylation is 1. The Morgan fingerprint density at radius 2 is 2.30 bits per heavy atom. The van der Waals surface area contributed by atoms with Crippen molar-refractivity contribution in [3.8, 4) is 5.75 Å². The minimum Gasteiger partial charge on any atom is -0.490 e. The van der Waals surface area contributed by atoms with Gasteiger partial charge in [0, 0.05) is 11.9 Å². The average molecular weight is 269 g/mol. The van der Waals surface area contributed by atoms with Gasteiger partial charge in [0.05, 0.1) is 12.6 Å². The number of nitrogen functional groups attached to an aromatic ring is 1. The van der Waals surface area contributed by atoms with E-state index in [-0.39, 0.29) is 6.04 Å². The molecular weight excluding hydrogens is 250 g/mol. The van der Waals surface area contributed by atoms with Gasteiger partial charge >= 0.3 is 0 Å². The molecule has 1 heterocycles. The molecule has 20 heavy (non-hydrogen) atoms. The fraction of sp³-hybridized carbons (Fsp3) is 0.312. The summed E-state index contributed by atoms with van der Waals surface area (Å²) in [5.41, 5.74) is 9.31. The van der Waals surface area contributed by atoms with Crippen molar-refractivity contribution in [1.82, 2.24) is 4.98 Å². The number of aromatic nitrogens is 1. The van der Waals surface area contributed by atoms with Crippen molar-refractivity contribution in [2.24, 2.45) is 0 Å². The highest BCUT2D eigenvalue weighted by Gasteiger charge is 2.23. The molecule has 0 aliphatic heterocycles. The monoisotopic (exact) mass is 269 g/mol. The molecule has 0 amide bonds. The summed E-state index contributed by atoms with van der Waals surface area (Å²) >= 11 is 0. The SMILES string of the molecule is CCOc1cccnc1NC1CCc2cc(N)ccc21. The van der Waals surface area contributed by atoms with Crippen molar-refractivity contribution >= 4 is 11.5 Å². The normalized spacial score (nSPS) is 16.8. The topological polar surface area (TPSA) is 60.2 Å². The number of pyridine rings is 1. The van der Waals surface area contributed by atoms with Crippen LogP contribution in [-0.4, -0.2) is 11.6 Å². The van der Waals surface area contributed by atoms with Crippen LogP contribution in [0.2, 0.25) is 0 Å². The molecule has 1 atom stereocenters. The van der Waals surface area contributed by atoms with Crippen molar-refractivity contribution < 1.29 is 4.74 Å². The molecule has 0 saturated carbocycles. The van der Waals surface area contributed by atoms with Gasteiger partial charge in [-0.05, 0) is 55.2 Å². The van der Waals surface area contributed by atoms with Gasteiger partial charge in [0.15, 0.2) is 11.6 Å². The number of fused-ring (bicyclic) bond motifs is 1. The standard InChI is InChI=1S/C16H19N3O/c1-2-20-15-4-3-9-18-16(15)19-14-8-5-11-10-12(17)6-7-13(11)14/h3-4,6-7,9-10,14H,2,5,8,17H2,1H3,(H,18,19). The number of nitrogens with two attached hydrogens (primary N) is 1. The number of nitrogens with zero attached hydrogens (tertiary/aromatic N) is 1. The number of hydrogen-bond donors (Lipinski definition) is 2. The fourth-order valence-corrected chi connectivity index (χ4v) is 2.72. The van der Waals surface area contributed by atoms with E-state index >= 15 is 0 Å². The van der Waals surface area contributed by atoms with Gasteiger partial charge in [-0.15, -0.1) is 0 Å². The first-order chi connectivity index (χ1) is 9.78. The van der Waals surface area contributed by atoms with Crippen LogP contribution in [0.15, 0.2) is 36.5 Å². The fourth-order valence-electron chi connectivity index (χ4n) is 2.72. The zero-order valence-electron chi connectivity index (χ0n) is 11.6. The number of ether oxygens (including phenoxy) is 1. The molecule has 1 aromatic carbocycles. The summed E-state index contributed by atoms with van der Waals surface area (Å²) in [7, 11) is 0. The van der Waals surface area contributed by atoms with E-state index < -0.39 is 0 Å². The lowest BCUT2D eigenvalue weighted by molar-refractivity contribution is 0.340. The lowest BCUT2D eigenvalue weighted by Crippen LogP contribution is -2.10. The highest BCUT2D eigenvalue weighted by atomic mass is 16.5. The predicted molar refractivity (Wildman–Crippen MR) is 80.9 cm³/mol. The maximum atomic E-state index is 5.84. The van der Waals surface area contributed by atoms with Crippen LogP contribution < -0.4 is 15.8 Å². The van der Waals surface area contributed by atoms with Crippen LogP contribution in [0.1, 0.15) is 30.5 Å². The Kier molecular flexibility index (Phi) is 3.46. The van der Waals surface area contributed by atoms with E-state index in [9.17, 15) is 0 Å². The van der Waals surface area contributed by atoms with Crippen LogP contribution in [-0.2, 0) is 6.42 Å². The van der Waals surface area contributed by atoms with Crippen molar-refractivity contribution in [3.05, 3.63) is 47.7 Å². The summed E-state index contributed by atoms with van der Waals surface area (Å²) in [5.74, 6) is 1.61. The number of rotatable bonds is 4. The molecule has 1 aromatic heterocycles. The quantitative estimate of drug-likeness (QED) is 0.837. The second-order valence-corrected chi connectivity index (χ2v) is 4.98. The van der Waals surface area contributed by atoms with Gasteiger partial charge in [-0.3, -0.25) is 0 Å². The Labute approximate surface area is 119 Å². The van der Waals surface area contributed by atoms with Gasteiger partial charge in [0.25, 0.3) is 0 Å². The van der Waals surface area contributed by atoms with Crippen LogP contribution in [0.25, 0.3) is 0 Å². The Morgan fingerprint density at radius 1 is 1.40 bits per heavy atom. The summed E-state index contributed by atoms with van der Waals surface area (Å²) in [4.78, 5) is 4.39. The van der Waals surface area contributed by atoms with E-state index in [1.54, 1.807) is 6.20 Å². The average Bonchev–Trinajstić information content (AvgIpc) is 2.83. The van der Waals surface area contributed by atoms with Gasteiger partial charge in [-0.2, -0.15) is 0 Å². The largest absolute Gasteiger partial charge is 0.490 e. The van der Waals surface area contributed by atoms with Crippen molar-refractivity contribution in [2.75, 3.05) is 17.7 Å². The molecule has 2 aromatic rings. The summed E-state index contributed by atoms with van der Waals surface area (Å²) in [5, 5.41) is 3.49. The summed E-state index contributed by atoms with van der Waals surface area (Å²) in [6.07, 6.45) is 3.89. The summed E-state index contributed by atoms with van der Waals surface area (Å²) in [6.45, 7) is 2.61. The van der Waals surface area contributed by atoms with Crippen LogP contribution in [0.3, 0.4) is 0 Å². The molecule has 3 N–H and O–H groups in total. The molecule has 4 nitrogen and oxygen atoms in total. The Morgan fingerprint density at radius 3 is 3.15 bits per heavy atom. The molecule has 0 spiro atoms. The van der Waals surface area contributed by atoms with E-state index in [2.05, 4.69) is 22.4 Å². The molecule has 3 rings (SSSR count). The predicted octanol–water partition coefficient (Wildman–Crippen LogP) is 3.16. The van der Waals surface area contributed by atoms with Gasteiger partial charge in [0.2, 0.25) is 0 Å². The highest BCUT2D eigenvalue weighted by molar-refractivity contribution is 5.54. The molecule has 104 valence electrons. The third-order valence-electron chi connectivity index (χ3n) is 3.63. The second kappa shape index (κ2) is 5.41. The minimum atomic E-state index is 0.278. The Bertz CT molecular complexity index is 612. The lowest BCUT2D eigenvalue weighted by atomic mass is 10.1. The van der Waals surface area contributed by atoms with Crippen molar-refractivity contribution in [3.63, 3.8) is 0 Å². The van der Waals surface area contributed by atoms with Crippen LogP contribution >= 0.6 is 0 Å². The number of anilines is 2. The van der Waals surface area contributed by atoms with Gasteiger partial charge in [-0.25, -0.2) is 4.98 Å². The summed E-state index contributed by atoms with van der Waals surface area (Å²) < 4.78 is 5.61. The molecule has 0 radical (unpaired) electrons. The molecule has 0 saturated heterocycles. The van der Waals surface area contributed by atoms with Crippen LogP contribution in [0, 0.1) is 0 Å². The lowest BCUT2D eigenvalue weighted by Gasteiger charge is -2.17. The number of benzene rings is 1. The minimum absolute atomic E-state index is 0.278. The molecule has 4 heteroatoms. The third-order valence-corrected chi connectivity index (χ3v) is 3.63. The highest BCUT2D eigenvalue weighted by Crippen LogP contribution is 2.36. The van der Waals surface area contributed by atoms with Crippen LogP contribution in [0.5, 0.6) is 5.75 Å². The van der Waals surface area contributed by atoms with Gasteiger partial charge in [0.1, 0.15) is 0 Å². The third kappa shape index (κ3) is 2.41. The van der Waals surface area contributed by atoms with E-state index in [1.807, 2.05) is 25.1 Å². The first-order valence-electron chi connectivity index (χ1n) is 7.00. The Balaban J connectivity index is 1.84. The van der Waals surface area contributed by atoms with E-state index in [1.165, 1.54) is 11.1 Å². The number of nitrogens with one attached hydrogen (secondary N) is 1. The van der Waals surface area contributed by atoms with Crippen molar-refractivity contribution in [2.45, 2.75) is 25.8 Å². The van der Waals surface area contributed by atoms with Crippen LogP contribution in [0.4, 0.5) is 11.5 Å². The molecule has 1 aliphatic rings. The zero-order valence-corrected chi connectivity index (χ0v) is 11.6. The van der Waals surface area contributed by atoms with E-state index in [4.69, 9.17) is 10.5 Å². The first kappa shape index (κ1) is 12.8. The molecule has 1 aliphatic carbocycles. The smallest absolute Gasteiger partial charge is 0.169 e. The van der Waals surface area contributed by atoms with Gasteiger partial charge in [-0.1, -0.05) is 6.07 Å². The maximum absolute atomic E-state index is 5.84. The molecule has 0 fully saturated rings. The van der Waals surface area contributed by atoms with Gasteiger partial charge < -0.3 is 15.8 Å². The zero-order chi connectivity index (χ0) is 13.9. The maximum Gasteiger partial charge on any atom is 0.169 e. The summed E-state index contributed by atoms with van der Waals surface area (Å²) in [6, 6.07) is 10.2. The second-order valence-electron chi connectivity index (χ2n) is 4.98. The molecule has 1 unspecified atom stereocenters. The van der Waals surface area contributed by atoms with Crippen molar-refractivity contribution in [1.29, 1.82) is 0 Å².